The predicted octanol–water partition coefficient (Wildman–Crippen LogP) is 1.65. The highest BCUT2D eigenvalue weighted by atomic mass is 16.2. The Balaban J connectivity index is 2.04. The molecular formula is C18H18N3O2+. The van der Waals surface area contributed by atoms with Crippen LogP contribution in [0.15, 0.2) is 65.7 Å². The van der Waals surface area contributed by atoms with E-state index in [1.165, 1.54) is 4.68 Å². The zero-order valence-corrected chi connectivity index (χ0v) is 13.1. The van der Waals surface area contributed by atoms with Gasteiger partial charge in [-0.05, 0) is 19.1 Å². The van der Waals surface area contributed by atoms with Crippen LogP contribution in [-0.2, 0) is 13.6 Å². The lowest BCUT2D eigenvalue weighted by Gasteiger charge is -2.07. The number of ketones is 1. The number of aromatic nitrogens is 3. The summed E-state index contributed by atoms with van der Waals surface area (Å²) < 4.78 is 5.01. The summed E-state index contributed by atoms with van der Waals surface area (Å²) in [5.41, 5.74) is 1.38. The van der Waals surface area contributed by atoms with Crippen LogP contribution in [0.3, 0.4) is 0 Å². The fourth-order valence-corrected chi connectivity index (χ4v) is 2.67. The minimum Gasteiger partial charge on any atom is -0.287 e. The molecule has 0 fully saturated rings. The molecule has 1 aromatic carbocycles. The fourth-order valence-electron chi connectivity index (χ4n) is 2.67. The van der Waals surface area contributed by atoms with Crippen molar-refractivity contribution in [3.8, 4) is 5.69 Å². The molecule has 0 saturated carbocycles. The highest BCUT2D eigenvalue weighted by Gasteiger charge is 2.24. The second-order valence-electron chi connectivity index (χ2n) is 5.41. The van der Waals surface area contributed by atoms with E-state index < -0.39 is 0 Å². The van der Waals surface area contributed by atoms with Crippen LogP contribution < -0.4 is 10.1 Å². The third-order valence-electron chi connectivity index (χ3n) is 3.94. The molecule has 5 heteroatoms. The third-order valence-corrected chi connectivity index (χ3v) is 3.94. The maximum absolute atomic E-state index is 12.8. The molecule has 0 aliphatic rings. The van der Waals surface area contributed by atoms with Gasteiger partial charge < -0.3 is 0 Å². The molecule has 23 heavy (non-hydrogen) atoms. The SMILES string of the molecule is Cc1c(C(=O)C[n+]2ccccc2)c(=O)n(-c2ccccc2)n1C. The van der Waals surface area contributed by atoms with E-state index in [-0.39, 0.29) is 23.5 Å². The first kappa shape index (κ1) is 15.0. The lowest BCUT2D eigenvalue weighted by molar-refractivity contribution is -0.683. The number of rotatable bonds is 4. The Hall–Kier alpha value is -2.95. The van der Waals surface area contributed by atoms with E-state index in [0.717, 1.165) is 5.69 Å². The number of carbonyl (C=O) groups is 1. The molecule has 0 amide bonds. The molecule has 116 valence electrons. The van der Waals surface area contributed by atoms with Gasteiger partial charge in [-0.2, -0.15) is 4.57 Å². The van der Waals surface area contributed by atoms with Crippen LogP contribution in [0.4, 0.5) is 0 Å². The number of hydrogen-bond acceptors (Lipinski definition) is 2. The topological polar surface area (TPSA) is 47.9 Å². The van der Waals surface area contributed by atoms with Crippen LogP contribution in [-0.4, -0.2) is 15.1 Å². The van der Waals surface area contributed by atoms with Crippen LogP contribution in [0.5, 0.6) is 0 Å². The van der Waals surface area contributed by atoms with Gasteiger partial charge >= 0.3 is 0 Å². The predicted molar refractivity (Wildman–Crippen MR) is 86.7 cm³/mol. The molecule has 0 saturated heterocycles. The normalized spacial score (nSPS) is 10.7. The summed E-state index contributed by atoms with van der Waals surface area (Å²) in [6.07, 6.45) is 3.62. The Labute approximate surface area is 134 Å². The van der Waals surface area contributed by atoms with Crippen LogP contribution in [0.1, 0.15) is 16.1 Å². The number of Topliss-reactive ketones (excluding diaryl/α,β-unsaturated/α-hetero) is 1. The number of nitrogens with zero attached hydrogens (tertiary/aromatic N) is 3. The van der Waals surface area contributed by atoms with Crippen molar-refractivity contribution in [2.45, 2.75) is 13.5 Å². The number of benzene rings is 1. The van der Waals surface area contributed by atoms with E-state index >= 15 is 0 Å². The Morgan fingerprint density at radius 1 is 1.04 bits per heavy atom. The van der Waals surface area contributed by atoms with Crippen LogP contribution in [0, 0.1) is 6.92 Å². The first-order chi connectivity index (χ1) is 11.1. The fraction of sp³-hybridized carbons (Fsp3) is 0.167. The van der Waals surface area contributed by atoms with Crippen LogP contribution in [0.25, 0.3) is 5.69 Å². The molecule has 0 unspecified atom stereocenters. The second-order valence-corrected chi connectivity index (χ2v) is 5.41. The largest absolute Gasteiger partial charge is 0.287 e. The van der Waals surface area contributed by atoms with E-state index in [4.69, 9.17) is 0 Å². The van der Waals surface area contributed by atoms with Crippen LogP contribution in [0.2, 0.25) is 0 Å². The standard InChI is InChI=1S/C18H18N3O2/c1-14-17(16(22)13-20-11-7-4-8-12-20)18(23)21(19(14)2)15-9-5-3-6-10-15/h3-12H,13H2,1-2H3/q+1. The van der Waals surface area contributed by atoms with Crippen molar-refractivity contribution >= 4 is 5.78 Å². The highest BCUT2D eigenvalue weighted by molar-refractivity contribution is 5.96. The van der Waals surface area contributed by atoms with Crippen molar-refractivity contribution in [2.75, 3.05) is 0 Å². The number of pyridine rings is 1. The minimum atomic E-state index is -0.280. The van der Waals surface area contributed by atoms with E-state index in [1.54, 1.807) is 23.2 Å². The van der Waals surface area contributed by atoms with Gasteiger partial charge in [-0.25, -0.2) is 4.68 Å². The molecule has 0 radical (unpaired) electrons. The first-order valence-electron chi connectivity index (χ1n) is 7.41. The smallest absolute Gasteiger partial charge is 0.282 e. The molecule has 0 atom stereocenters. The average molecular weight is 308 g/mol. The molecule has 2 aromatic heterocycles. The number of hydrogen-bond donors (Lipinski definition) is 0. The van der Waals surface area contributed by atoms with E-state index in [1.807, 2.05) is 60.9 Å². The van der Waals surface area contributed by atoms with Gasteiger partial charge in [0.05, 0.1) is 5.69 Å². The molecule has 3 aromatic rings. The first-order valence-corrected chi connectivity index (χ1v) is 7.41. The molecule has 0 N–H and O–H groups in total. The summed E-state index contributed by atoms with van der Waals surface area (Å²) >= 11 is 0. The monoisotopic (exact) mass is 308 g/mol. The lowest BCUT2D eigenvalue weighted by Crippen LogP contribution is -2.38. The molecule has 2 heterocycles. The van der Waals surface area contributed by atoms with Crippen molar-refractivity contribution in [1.29, 1.82) is 0 Å². The molecule has 5 nitrogen and oxygen atoms in total. The summed E-state index contributed by atoms with van der Waals surface area (Å²) in [6, 6.07) is 14.9. The zero-order chi connectivity index (χ0) is 16.4. The summed E-state index contributed by atoms with van der Waals surface area (Å²) in [5, 5.41) is 0. The summed E-state index contributed by atoms with van der Waals surface area (Å²) in [4.78, 5) is 25.4. The van der Waals surface area contributed by atoms with Crippen molar-refractivity contribution < 1.29 is 9.36 Å². The molecule has 0 bridgehead atoms. The highest BCUT2D eigenvalue weighted by Crippen LogP contribution is 2.10. The van der Waals surface area contributed by atoms with Crippen molar-refractivity contribution in [3.63, 3.8) is 0 Å². The van der Waals surface area contributed by atoms with Crippen molar-refractivity contribution in [2.24, 2.45) is 7.05 Å². The Kier molecular flexibility index (Phi) is 3.93. The minimum absolute atomic E-state index is 0.149. The van der Waals surface area contributed by atoms with Gasteiger partial charge in [0.2, 0.25) is 12.3 Å². The lowest BCUT2D eigenvalue weighted by atomic mass is 10.1. The zero-order valence-electron chi connectivity index (χ0n) is 13.1. The summed E-state index contributed by atoms with van der Waals surface area (Å²) in [5.74, 6) is -0.186. The van der Waals surface area contributed by atoms with Gasteiger partial charge in [-0.1, -0.05) is 24.3 Å². The Morgan fingerprint density at radius 2 is 1.65 bits per heavy atom. The van der Waals surface area contributed by atoms with Gasteiger partial charge in [0.25, 0.3) is 5.56 Å². The molecule has 0 aliphatic heterocycles. The number of carbonyl (C=O) groups excluding carboxylic acids is 1. The quantitative estimate of drug-likeness (QED) is 0.543. The summed E-state index contributed by atoms with van der Waals surface area (Å²) in [7, 11) is 1.79. The van der Waals surface area contributed by atoms with Crippen molar-refractivity contribution in [3.05, 3.63) is 82.5 Å². The van der Waals surface area contributed by atoms with E-state index in [0.29, 0.717) is 5.69 Å². The Morgan fingerprint density at radius 3 is 2.30 bits per heavy atom. The van der Waals surface area contributed by atoms with Gasteiger partial charge in [0, 0.05) is 24.9 Å². The maximum Gasteiger partial charge on any atom is 0.282 e. The van der Waals surface area contributed by atoms with Gasteiger partial charge in [-0.15, -0.1) is 0 Å². The van der Waals surface area contributed by atoms with Gasteiger partial charge in [0.15, 0.2) is 12.4 Å². The third kappa shape index (κ3) is 2.73. The molecule has 3 rings (SSSR count). The van der Waals surface area contributed by atoms with Crippen LogP contribution >= 0.6 is 0 Å². The average Bonchev–Trinajstić information content (AvgIpc) is 2.79. The summed E-state index contributed by atoms with van der Waals surface area (Å²) in [6.45, 7) is 1.94. The Bertz CT molecular complexity index is 893. The number of para-hydroxylation sites is 1. The van der Waals surface area contributed by atoms with Crippen molar-refractivity contribution in [1.82, 2.24) is 9.36 Å². The van der Waals surface area contributed by atoms with E-state index in [9.17, 15) is 9.59 Å². The maximum atomic E-state index is 12.8. The molecule has 0 spiro atoms. The van der Waals surface area contributed by atoms with Gasteiger partial charge in [-0.3, -0.25) is 14.3 Å². The molecular weight excluding hydrogens is 290 g/mol. The molecule has 0 aliphatic carbocycles. The second kappa shape index (κ2) is 6.04. The van der Waals surface area contributed by atoms with Gasteiger partial charge in [0.1, 0.15) is 5.56 Å². The van der Waals surface area contributed by atoms with E-state index in [2.05, 4.69) is 0 Å².